The Hall–Kier alpha value is -2.24. The molecular formula is C17H13ClFN3O. The Morgan fingerprint density at radius 2 is 2.04 bits per heavy atom. The van der Waals surface area contributed by atoms with Crippen LogP contribution in [-0.2, 0) is 16.9 Å². The standard InChI is InChI=1S/C17H13ClFN3O/c18-14-6-4-12(5-7-14)16-17(23-16,9-22-11-20-10-21-22)13-2-1-3-15(19)8-13/h1-8,10-11,16H,9H2. The molecule has 0 N–H and O–H groups in total. The summed E-state index contributed by atoms with van der Waals surface area (Å²) in [5.41, 5.74) is 1.13. The van der Waals surface area contributed by atoms with Crippen LogP contribution in [0.25, 0.3) is 0 Å². The normalized spacial score (nSPS) is 23.0. The van der Waals surface area contributed by atoms with Crippen LogP contribution in [0, 0.1) is 5.82 Å². The maximum Gasteiger partial charge on any atom is 0.144 e. The first-order valence-corrected chi connectivity index (χ1v) is 7.57. The summed E-state index contributed by atoms with van der Waals surface area (Å²) in [6, 6.07) is 14.0. The zero-order valence-electron chi connectivity index (χ0n) is 12.1. The van der Waals surface area contributed by atoms with Gasteiger partial charge in [-0.2, -0.15) is 5.10 Å². The molecule has 1 saturated heterocycles. The fourth-order valence-corrected chi connectivity index (χ4v) is 3.01. The van der Waals surface area contributed by atoms with E-state index in [1.807, 2.05) is 30.3 Å². The quantitative estimate of drug-likeness (QED) is 0.685. The van der Waals surface area contributed by atoms with E-state index in [2.05, 4.69) is 10.1 Å². The molecule has 4 nitrogen and oxygen atoms in total. The number of halogens is 2. The number of rotatable bonds is 4. The van der Waals surface area contributed by atoms with E-state index < -0.39 is 5.60 Å². The van der Waals surface area contributed by atoms with E-state index in [1.54, 1.807) is 17.1 Å². The minimum Gasteiger partial charge on any atom is -0.354 e. The highest BCUT2D eigenvalue weighted by Gasteiger charge is 2.59. The van der Waals surface area contributed by atoms with Crippen LogP contribution in [0.15, 0.2) is 61.2 Å². The number of epoxide rings is 1. The summed E-state index contributed by atoms with van der Waals surface area (Å²) < 4.78 is 21.4. The molecule has 1 aromatic heterocycles. The summed E-state index contributed by atoms with van der Waals surface area (Å²) in [6.45, 7) is 0.462. The third-order valence-electron chi connectivity index (χ3n) is 4.04. The first kappa shape index (κ1) is 14.4. The average Bonchev–Trinajstić information content (AvgIpc) is 3.04. The lowest BCUT2D eigenvalue weighted by atomic mass is 9.91. The van der Waals surface area contributed by atoms with E-state index in [4.69, 9.17) is 16.3 Å². The largest absolute Gasteiger partial charge is 0.354 e. The Morgan fingerprint density at radius 1 is 1.22 bits per heavy atom. The molecule has 2 unspecified atom stereocenters. The van der Waals surface area contributed by atoms with Gasteiger partial charge in [-0.1, -0.05) is 35.9 Å². The first-order chi connectivity index (χ1) is 11.2. The zero-order valence-corrected chi connectivity index (χ0v) is 12.8. The van der Waals surface area contributed by atoms with Crippen LogP contribution in [0.2, 0.25) is 5.02 Å². The number of aromatic nitrogens is 3. The fourth-order valence-electron chi connectivity index (χ4n) is 2.89. The molecule has 1 aliphatic heterocycles. The monoisotopic (exact) mass is 329 g/mol. The van der Waals surface area contributed by atoms with Gasteiger partial charge in [0.15, 0.2) is 0 Å². The minimum absolute atomic E-state index is 0.175. The number of hydrogen-bond acceptors (Lipinski definition) is 3. The van der Waals surface area contributed by atoms with Gasteiger partial charge in [-0.05, 0) is 35.4 Å². The Morgan fingerprint density at radius 3 is 2.74 bits per heavy atom. The lowest BCUT2D eigenvalue weighted by molar-refractivity contribution is 0.262. The van der Waals surface area contributed by atoms with Gasteiger partial charge in [-0.15, -0.1) is 0 Å². The van der Waals surface area contributed by atoms with Crippen LogP contribution in [0.4, 0.5) is 4.39 Å². The lowest BCUT2D eigenvalue weighted by Gasteiger charge is -2.14. The van der Waals surface area contributed by atoms with Crippen molar-refractivity contribution in [2.75, 3.05) is 0 Å². The molecule has 0 radical (unpaired) electrons. The maximum absolute atomic E-state index is 13.7. The van der Waals surface area contributed by atoms with Gasteiger partial charge in [0.25, 0.3) is 0 Å². The summed E-state index contributed by atoms with van der Waals surface area (Å²) in [7, 11) is 0. The molecule has 3 aromatic rings. The molecule has 2 heterocycles. The fraction of sp³-hybridized carbons (Fsp3) is 0.176. The topological polar surface area (TPSA) is 43.2 Å². The van der Waals surface area contributed by atoms with Gasteiger partial charge in [-0.3, -0.25) is 0 Å². The van der Waals surface area contributed by atoms with Crippen molar-refractivity contribution < 1.29 is 9.13 Å². The molecule has 4 rings (SSSR count). The van der Waals surface area contributed by atoms with Crippen LogP contribution >= 0.6 is 11.6 Å². The summed E-state index contributed by atoms with van der Waals surface area (Å²) in [4.78, 5) is 3.96. The SMILES string of the molecule is Fc1cccc(C2(Cn3cncn3)OC2c2ccc(Cl)cc2)c1. The third kappa shape index (κ3) is 2.62. The molecule has 0 bridgehead atoms. The van der Waals surface area contributed by atoms with Crippen LogP contribution in [-0.4, -0.2) is 14.8 Å². The van der Waals surface area contributed by atoms with Crippen molar-refractivity contribution in [3.63, 3.8) is 0 Å². The maximum atomic E-state index is 13.7. The molecule has 1 aliphatic rings. The Labute approximate surface area is 137 Å². The van der Waals surface area contributed by atoms with E-state index in [1.165, 1.54) is 18.5 Å². The Balaban J connectivity index is 1.72. The molecule has 116 valence electrons. The highest BCUT2D eigenvalue weighted by atomic mass is 35.5. The Bertz CT molecular complexity index is 822. The summed E-state index contributed by atoms with van der Waals surface area (Å²) in [5.74, 6) is -0.286. The molecule has 0 saturated carbocycles. The number of ether oxygens (including phenoxy) is 1. The van der Waals surface area contributed by atoms with Crippen LogP contribution in [0.1, 0.15) is 17.2 Å². The van der Waals surface area contributed by atoms with Crippen molar-refractivity contribution in [1.29, 1.82) is 0 Å². The molecule has 2 atom stereocenters. The van der Waals surface area contributed by atoms with Crippen LogP contribution < -0.4 is 0 Å². The molecule has 6 heteroatoms. The van der Waals surface area contributed by atoms with E-state index in [0.717, 1.165) is 11.1 Å². The van der Waals surface area contributed by atoms with E-state index in [9.17, 15) is 4.39 Å². The highest BCUT2D eigenvalue weighted by Crippen LogP contribution is 2.58. The van der Waals surface area contributed by atoms with Gasteiger partial charge >= 0.3 is 0 Å². The molecule has 23 heavy (non-hydrogen) atoms. The average molecular weight is 330 g/mol. The van der Waals surface area contributed by atoms with E-state index in [0.29, 0.717) is 11.6 Å². The van der Waals surface area contributed by atoms with Crippen molar-refractivity contribution in [3.8, 4) is 0 Å². The predicted molar refractivity (Wildman–Crippen MR) is 83.4 cm³/mol. The van der Waals surface area contributed by atoms with Gasteiger partial charge in [0.1, 0.15) is 30.2 Å². The number of benzene rings is 2. The van der Waals surface area contributed by atoms with Crippen molar-refractivity contribution >= 4 is 11.6 Å². The molecule has 0 spiro atoms. The lowest BCUT2D eigenvalue weighted by Crippen LogP contribution is -2.19. The van der Waals surface area contributed by atoms with Crippen molar-refractivity contribution in [2.45, 2.75) is 18.2 Å². The zero-order chi connectivity index (χ0) is 15.9. The summed E-state index contributed by atoms with van der Waals surface area (Å²) in [6.07, 6.45) is 2.92. The van der Waals surface area contributed by atoms with Crippen molar-refractivity contribution in [3.05, 3.63) is 83.2 Å². The minimum atomic E-state index is -0.649. The predicted octanol–water partition coefficient (Wildman–Crippen LogP) is 3.74. The first-order valence-electron chi connectivity index (χ1n) is 7.19. The second-order valence-electron chi connectivity index (χ2n) is 5.54. The van der Waals surface area contributed by atoms with Crippen molar-refractivity contribution in [1.82, 2.24) is 14.8 Å². The van der Waals surface area contributed by atoms with Gasteiger partial charge in [0.2, 0.25) is 0 Å². The molecular weight excluding hydrogens is 317 g/mol. The Kier molecular flexibility index (Phi) is 3.39. The summed E-state index contributed by atoms with van der Waals surface area (Å²) in [5, 5.41) is 4.81. The molecule has 1 fully saturated rings. The van der Waals surface area contributed by atoms with Gasteiger partial charge in [0.05, 0.1) is 6.54 Å². The van der Waals surface area contributed by atoms with Crippen molar-refractivity contribution in [2.24, 2.45) is 0 Å². The van der Waals surface area contributed by atoms with Gasteiger partial charge in [0, 0.05) is 5.02 Å². The van der Waals surface area contributed by atoms with Gasteiger partial charge < -0.3 is 4.74 Å². The third-order valence-corrected chi connectivity index (χ3v) is 4.30. The molecule has 0 amide bonds. The molecule has 0 aliphatic carbocycles. The number of hydrogen-bond donors (Lipinski definition) is 0. The second-order valence-corrected chi connectivity index (χ2v) is 5.98. The smallest absolute Gasteiger partial charge is 0.144 e. The van der Waals surface area contributed by atoms with E-state index >= 15 is 0 Å². The highest BCUT2D eigenvalue weighted by molar-refractivity contribution is 6.30. The molecule has 2 aromatic carbocycles. The number of nitrogens with zero attached hydrogens (tertiary/aromatic N) is 3. The summed E-state index contributed by atoms with van der Waals surface area (Å²) >= 11 is 5.95. The van der Waals surface area contributed by atoms with Crippen LogP contribution in [0.5, 0.6) is 0 Å². The second kappa shape index (κ2) is 5.44. The van der Waals surface area contributed by atoms with Gasteiger partial charge in [-0.25, -0.2) is 14.1 Å². The van der Waals surface area contributed by atoms with E-state index in [-0.39, 0.29) is 11.9 Å². The van der Waals surface area contributed by atoms with Crippen LogP contribution in [0.3, 0.4) is 0 Å².